The fourth-order valence-electron chi connectivity index (χ4n) is 1.75. The van der Waals surface area contributed by atoms with Crippen LogP contribution in [0, 0.1) is 20.8 Å². The predicted molar refractivity (Wildman–Crippen MR) is 78.8 cm³/mol. The van der Waals surface area contributed by atoms with Crippen molar-refractivity contribution in [2.75, 3.05) is 0 Å². The summed E-state index contributed by atoms with van der Waals surface area (Å²) < 4.78 is 6.93. The first kappa shape index (κ1) is 13.2. The van der Waals surface area contributed by atoms with Crippen LogP contribution in [0.1, 0.15) is 22.3 Å². The van der Waals surface area contributed by atoms with Gasteiger partial charge in [-0.1, -0.05) is 34.1 Å². The molecule has 2 heteroatoms. The maximum absolute atomic E-state index is 5.88. The molecule has 0 N–H and O–H groups in total. The van der Waals surface area contributed by atoms with Gasteiger partial charge in [-0.2, -0.15) is 0 Å². The molecule has 0 amide bonds. The van der Waals surface area contributed by atoms with Crippen molar-refractivity contribution in [3.8, 4) is 5.75 Å². The molecule has 2 aromatic rings. The Morgan fingerprint density at radius 2 is 1.89 bits per heavy atom. The molecule has 1 radical (unpaired) electrons. The number of benzene rings is 2. The summed E-state index contributed by atoms with van der Waals surface area (Å²) in [5.74, 6) is 0.939. The van der Waals surface area contributed by atoms with Crippen molar-refractivity contribution >= 4 is 15.9 Å². The molecule has 18 heavy (non-hydrogen) atoms. The number of aryl methyl sites for hydroxylation is 2. The average molecular weight is 304 g/mol. The molecule has 0 atom stereocenters. The van der Waals surface area contributed by atoms with Crippen LogP contribution in [0.15, 0.2) is 40.9 Å². The lowest BCUT2D eigenvalue weighted by Gasteiger charge is -2.12. The third kappa shape index (κ3) is 3.14. The molecule has 0 saturated carbocycles. The van der Waals surface area contributed by atoms with Gasteiger partial charge < -0.3 is 4.74 Å². The zero-order chi connectivity index (χ0) is 13.1. The topological polar surface area (TPSA) is 9.23 Å². The van der Waals surface area contributed by atoms with E-state index >= 15 is 0 Å². The fourth-order valence-corrected chi connectivity index (χ4v) is 2.16. The molecule has 0 aliphatic carbocycles. The molecule has 0 aromatic heterocycles. The normalized spacial score (nSPS) is 10.4. The van der Waals surface area contributed by atoms with E-state index in [2.05, 4.69) is 54.9 Å². The van der Waals surface area contributed by atoms with Crippen molar-refractivity contribution in [1.82, 2.24) is 0 Å². The van der Waals surface area contributed by atoms with E-state index < -0.39 is 0 Å². The molecule has 0 spiro atoms. The first-order valence-electron chi connectivity index (χ1n) is 5.86. The summed E-state index contributed by atoms with van der Waals surface area (Å²) in [5, 5.41) is 0. The molecule has 0 fully saturated rings. The van der Waals surface area contributed by atoms with Crippen LogP contribution in [0.4, 0.5) is 0 Å². The van der Waals surface area contributed by atoms with Gasteiger partial charge in [0.25, 0.3) is 0 Å². The highest BCUT2D eigenvalue weighted by Gasteiger charge is 2.03. The van der Waals surface area contributed by atoms with Crippen molar-refractivity contribution < 1.29 is 4.74 Å². The lowest BCUT2D eigenvalue weighted by Crippen LogP contribution is -1.99. The second-order valence-corrected chi connectivity index (χ2v) is 5.39. The summed E-state index contributed by atoms with van der Waals surface area (Å²) in [5.41, 5.74) is 4.47. The molecule has 0 aliphatic rings. The molecule has 0 heterocycles. The van der Waals surface area contributed by atoms with Crippen molar-refractivity contribution in [3.63, 3.8) is 0 Å². The molecule has 0 bridgehead atoms. The number of halogens is 1. The number of rotatable bonds is 3. The van der Waals surface area contributed by atoms with E-state index in [0.29, 0.717) is 6.61 Å². The number of hydrogen-bond acceptors (Lipinski definition) is 1. The minimum Gasteiger partial charge on any atom is -0.489 e. The van der Waals surface area contributed by atoms with Crippen LogP contribution in [-0.4, -0.2) is 0 Å². The quantitative estimate of drug-likeness (QED) is 0.789. The summed E-state index contributed by atoms with van der Waals surface area (Å²) in [6, 6.07) is 12.3. The van der Waals surface area contributed by atoms with Gasteiger partial charge in [0.15, 0.2) is 0 Å². The van der Waals surface area contributed by atoms with E-state index in [1.807, 2.05) is 18.2 Å². The van der Waals surface area contributed by atoms with Crippen molar-refractivity contribution in [2.45, 2.75) is 20.5 Å². The summed E-state index contributed by atoms with van der Waals surface area (Å²) in [7, 11) is 0. The van der Waals surface area contributed by atoms with Crippen molar-refractivity contribution in [2.24, 2.45) is 0 Å². The molecule has 2 rings (SSSR count). The Morgan fingerprint density at radius 3 is 2.67 bits per heavy atom. The second kappa shape index (κ2) is 5.57. The molecule has 0 saturated heterocycles. The minimum absolute atomic E-state index is 0.544. The van der Waals surface area contributed by atoms with Crippen LogP contribution in [-0.2, 0) is 6.61 Å². The lowest BCUT2D eigenvalue weighted by molar-refractivity contribution is 0.303. The third-order valence-electron chi connectivity index (χ3n) is 2.90. The Bertz CT molecular complexity index is 510. The van der Waals surface area contributed by atoms with E-state index in [1.165, 1.54) is 5.56 Å². The van der Waals surface area contributed by atoms with Crippen LogP contribution in [0.2, 0.25) is 0 Å². The smallest absolute Gasteiger partial charge is 0.122 e. The van der Waals surface area contributed by atoms with E-state index in [-0.39, 0.29) is 0 Å². The average Bonchev–Trinajstić information content (AvgIpc) is 2.34. The van der Waals surface area contributed by atoms with Gasteiger partial charge in [-0.05, 0) is 61.2 Å². The van der Waals surface area contributed by atoms with Gasteiger partial charge in [0, 0.05) is 4.47 Å². The Morgan fingerprint density at radius 1 is 1.11 bits per heavy atom. The van der Waals surface area contributed by atoms with Gasteiger partial charge in [-0.3, -0.25) is 0 Å². The monoisotopic (exact) mass is 303 g/mol. The third-order valence-corrected chi connectivity index (χ3v) is 3.39. The van der Waals surface area contributed by atoms with Crippen LogP contribution in [0.25, 0.3) is 0 Å². The van der Waals surface area contributed by atoms with Crippen LogP contribution >= 0.6 is 15.9 Å². The lowest BCUT2D eigenvalue weighted by atomic mass is 10.1. The van der Waals surface area contributed by atoms with Gasteiger partial charge in [0.05, 0.1) is 0 Å². The number of hydrogen-bond donors (Lipinski definition) is 0. The maximum atomic E-state index is 5.88. The largest absolute Gasteiger partial charge is 0.489 e. The maximum Gasteiger partial charge on any atom is 0.122 e. The summed E-state index contributed by atoms with van der Waals surface area (Å²) in [4.78, 5) is 0. The minimum atomic E-state index is 0.544. The Labute approximate surface area is 117 Å². The first-order chi connectivity index (χ1) is 8.56. The second-order valence-electron chi connectivity index (χ2n) is 4.47. The van der Waals surface area contributed by atoms with Gasteiger partial charge in [-0.25, -0.2) is 0 Å². The summed E-state index contributed by atoms with van der Waals surface area (Å²) >= 11 is 3.47. The van der Waals surface area contributed by atoms with Crippen LogP contribution < -0.4 is 4.74 Å². The van der Waals surface area contributed by atoms with Crippen molar-refractivity contribution in [3.05, 3.63) is 70.0 Å². The zero-order valence-corrected chi connectivity index (χ0v) is 12.3. The van der Waals surface area contributed by atoms with E-state index in [9.17, 15) is 0 Å². The molecule has 0 unspecified atom stereocenters. The van der Waals surface area contributed by atoms with E-state index in [0.717, 1.165) is 26.9 Å². The van der Waals surface area contributed by atoms with E-state index in [4.69, 9.17) is 4.74 Å². The molecular weight excluding hydrogens is 288 g/mol. The Balaban J connectivity index is 2.16. The molecular formula is C16H16BrO. The molecule has 0 aliphatic heterocycles. The molecule has 2 aromatic carbocycles. The SMILES string of the molecule is [CH2]c1ccc(Br)cc1COc1cc(C)ccc1C. The summed E-state index contributed by atoms with van der Waals surface area (Å²) in [6.07, 6.45) is 0. The highest BCUT2D eigenvalue weighted by Crippen LogP contribution is 2.22. The van der Waals surface area contributed by atoms with Gasteiger partial charge in [0.1, 0.15) is 12.4 Å². The van der Waals surface area contributed by atoms with Gasteiger partial charge >= 0.3 is 0 Å². The Kier molecular flexibility index (Phi) is 4.07. The fraction of sp³-hybridized carbons (Fsp3) is 0.188. The van der Waals surface area contributed by atoms with E-state index in [1.54, 1.807) is 0 Å². The zero-order valence-electron chi connectivity index (χ0n) is 10.7. The van der Waals surface area contributed by atoms with Gasteiger partial charge in [0.2, 0.25) is 0 Å². The van der Waals surface area contributed by atoms with Crippen LogP contribution in [0.3, 0.4) is 0 Å². The summed E-state index contributed by atoms with van der Waals surface area (Å²) in [6.45, 7) is 8.68. The highest BCUT2D eigenvalue weighted by molar-refractivity contribution is 9.10. The predicted octanol–water partition coefficient (Wildman–Crippen LogP) is 4.83. The molecule has 93 valence electrons. The standard InChI is InChI=1S/C16H16BrO/c1-11-4-5-13(3)16(8-11)18-10-14-9-15(17)7-6-12(14)2/h4-9H,2,10H2,1,3H3. The van der Waals surface area contributed by atoms with Gasteiger partial charge in [-0.15, -0.1) is 0 Å². The highest BCUT2D eigenvalue weighted by atomic mass is 79.9. The first-order valence-corrected chi connectivity index (χ1v) is 6.66. The Hall–Kier alpha value is -1.28. The number of ether oxygens (including phenoxy) is 1. The molecule has 1 nitrogen and oxygen atoms in total. The van der Waals surface area contributed by atoms with Crippen LogP contribution in [0.5, 0.6) is 5.75 Å². The van der Waals surface area contributed by atoms with Crippen molar-refractivity contribution in [1.29, 1.82) is 0 Å².